The van der Waals surface area contributed by atoms with Gasteiger partial charge in [-0.05, 0) is 39.5 Å². The van der Waals surface area contributed by atoms with Crippen molar-refractivity contribution in [2.45, 2.75) is 71.5 Å². The summed E-state index contributed by atoms with van der Waals surface area (Å²) in [6.07, 6.45) is 7.03. The fraction of sp³-hybridized carbons (Fsp3) is 0.800. The summed E-state index contributed by atoms with van der Waals surface area (Å²) >= 11 is 0. The Labute approximate surface area is 116 Å². The average molecular weight is 265 g/mol. The Balaban J connectivity index is 1.80. The van der Waals surface area contributed by atoms with Gasteiger partial charge in [0.05, 0.1) is 5.69 Å². The van der Waals surface area contributed by atoms with Crippen molar-refractivity contribution in [2.75, 3.05) is 6.61 Å². The molecule has 0 bridgehead atoms. The van der Waals surface area contributed by atoms with E-state index in [1.807, 2.05) is 0 Å². The molecule has 0 aromatic carbocycles. The highest BCUT2D eigenvalue weighted by molar-refractivity contribution is 5.24. The summed E-state index contributed by atoms with van der Waals surface area (Å²) in [6, 6.07) is 0.751. The summed E-state index contributed by atoms with van der Waals surface area (Å²) in [7, 11) is 0. The fourth-order valence-electron chi connectivity index (χ4n) is 2.47. The highest BCUT2D eigenvalue weighted by atomic mass is 16.2. The highest BCUT2D eigenvalue weighted by Crippen LogP contribution is 2.21. The van der Waals surface area contributed by atoms with Crippen LogP contribution in [-0.2, 0) is 13.1 Å². The third kappa shape index (κ3) is 4.32. The maximum absolute atomic E-state index is 8.75. The molecule has 108 valence electrons. The molecule has 0 spiro atoms. The van der Waals surface area contributed by atoms with E-state index in [-0.39, 0.29) is 0 Å². The number of nitrogens with zero attached hydrogens (tertiary/aromatic N) is 2. The van der Waals surface area contributed by atoms with E-state index in [9.17, 15) is 0 Å². The largest absolute Gasteiger partial charge is 0.396 e. The van der Waals surface area contributed by atoms with E-state index < -0.39 is 0 Å². The molecule has 1 aliphatic rings. The molecule has 19 heavy (non-hydrogen) atoms. The van der Waals surface area contributed by atoms with Crippen LogP contribution in [0.3, 0.4) is 0 Å². The average Bonchev–Trinajstić information content (AvgIpc) is 3.17. The lowest BCUT2D eigenvalue weighted by Crippen LogP contribution is -2.16. The minimum atomic E-state index is 0.316. The van der Waals surface area contributed by atoms with E-state index in [1.54, 1.807) is 0 Å². The van der Waals surface area contributed by atoms with Crippen LogP contribution in [0.15, 0.2) is 0 Å². The van der Waals surface area contributed by atoms with Gasteiger partial charge in [0, 0.05) is 37.0 Å². The standard InChI is InChI=1S/C15H27N3O/c1-12-15(11-16-14-7-8-14)13(2)18(17-12)9-5-3-4-6-10-19/h14,16,19H,3-11H2,1-2H3. The first kappa shape index (κ1) is 14.5. The second-order valence-electron chi connectivity index (χ2n) is 5.67. The molecule has 0 radical (unpaired) electrons. The van der Waals surface area contributed by atoms with Crippen molar-refractivity contribution in [3.8, 4) is 0 Å². The maximum atomic E-state index is 8.75. The molecule has 0 atom stereocenters. The molecule has 1 aromatic heterocycles. The van der Waals surface area contributed by atoms with E-state index in [0.717, 1.165) is 38.4 Å². The summed E-state index contributed by atoms with van der Waals surface area (Å²) in [5.74, 6) is 0. The van der Waals surface area contributed by atoms with Gasteiger partial charge in [0.2, 0.25) is 0 Å². The third-order valence-electron chi connectivity index (χ3n) is 3.95. The summed E-state index contributed by atoms with van der Waals surface area (Å²) in [5.41, 5.74) is 3.86. The molecule has 2 N–H and O–H groups in total. The lowest BCUT2D eigenvalue weighted by molar-refractivity contribution is 0.282. The molecule has 1 fully saturated rings. The Morgan fingerprint density at radius 2 is 1.95 bits per heavy atom. The second kappa shape index (κ2) is 7.06. The molecule has 4 heteroatoms. The molecule has 1 heterocycles. The summed E-state index contributed by atoms with van der Waals surface area (Å²) in [4.78, 5) is 0. The quantitative estimate of drug-likeness (QED) is 0.674. The molecule has 4 nitrogen and oxygen atoms in total. The van der Waals surface area contributed by atoms with Gasteiger partial charge in [-0.3, -0.25) is 4.68 Å². The van der Waals surface area contributed by atoms with E-state index >= 15 is 0 Å². The zero-order valence-corrected chi connectivity index (χ0v) is 12.3. The van der Waals surface area contributed by atoms with Crippen LogP contribution in [0, 0.1) is 13.8 Å². The van der Waals surface area contributed by atoms with Crippen LogP contribution >= 0.6 is 0 Å². The van der Waals surface area contributed by atoms with Crippen molar-refractivity contribution >= 4 is 0 Å². The van der Waals surface area contributed by atoms with Crippen LogP contribution in [0.2, 0.25) is 0 Å². The van der Waals surface area contributed by atoms with Crippen molar-refractivity contribution in [1.82, 2.24) is 15.1 Å². The Morgan fingerprint density at radius 3 is 2.63 bits per heavy atom. The number of aromatic nitrogens is 2. The van der Waals surface area contributed by atoms with Gasteiger partial charge < -0.3 is 10.4 Å². The Kier molecular flexibility index (Phi) is 5.40. The van der Waals surface area contributed by atoms with Gasteiger partial charge in [-0.2, -0.15) is 5.10 Å². The number of aliphatic hydroxyl groups is 1. The van der Waals surface area contributed by atoms with Gasteiger partial charge in [0.15, 0.2) is 0 Å². The summed E-state index contributed by atoms with van der Waals surface area (Å²) in [6.45, 7) is 6.57. The van der Waals surface area contributed by atoms with Gasteiger partial charge in [-0.1, -0.05) is 12.8 Å². The molecule has 1 aliphatic carbocycles. The van der Waals surface area contributed by atoms with E-state index in [2.05, 4.69) is 28.9 Å². The minimum Gasteiger partial charge on any atom is -0.396 e. The van der Waals surface area contributed by atoms with Crippen LogP contribution in [-0.4, -0.2) is 27.5 Å². The first-order valence-corrected chi connectivity index (χ1v) is 7.59. The van der Waals surface area contributed by atoms with E-state index in [0.29, 0.717) is 6.61 Å². The lowest BCUT2D eigenvalue weighted by atomic mass is 10.2. The Morgan fingerprint density at radius 1 is 1.21 bits per heavy atom. The van der Waals surface area contributed by atoms with Crippen LogP contribution < -0.4 is 5.32 Å². The van der Waals surface area contributed by atoms with Gasteiger partial charge in [0.25, 0.3) is 0 Å². The number of unbranched alkanes of at least 4 members (excludes halogenated alkanes) is 3. The number of rotatable bonds is 9. The van der Waals surface area contributed by atoms with Gasteiger partial charge in [-0.15, -0.1) is 0 Å². The predicted molar refractivity (Wildman–Crippen MR) is 77.1 cm³/mol. The molecular weight excluding hydrogens is 238 g/mol. The number of hydrogen-bond acceptors (Lipinski definition) is 3. The molecule has 0 saturated heterocycles. The van der Waals surface area contributed by atoms with Crippen molar-refractivity contribution in [2.24, 2.45) is 0 Å². The molecular formula is C15H27N3O. The van der Waals surface area contributed by atoms with Crippen LogP contribution in [0.4, 0.5) is 0 Å². The monoisotopic (exact) mass is 265 g/mol. The van der Waals surface area contributed by atoms with Crippen LogP contribution in [0.25, 0.3) is 0 Å². The van der Waals surface area contributed by atoms with Crippen LogP contribution in [0.1, 0.15) is 55.5 Å². The molecule has 0 aliphatic heterocycles. The molecule has 2 rings (SSSR count). The maximum Gasteiger partial charge on any atom is 0.0641 e. The number of nitrogens with one attached hydrogen (secondary N) is 1. The molecule has 0 amide bonds. The predicted octanol–water partition coefficient (Wildman–Crippen LogP) is 2.30. The smallest absolute Gasteiger partial charge is 0.0641 e. The third-order valence-corrected chi connectivity index (χ3v) is 3.95. The van der Waals surface area contributed by atoms with Crippen molar-refractivity contribution in [3.63, 3.8) is 0 Å². The van der Waals surface area contributed by atoms with Crippen molar-refractivity contribution in [1.29, 1.82) is 0 Å². The Bertz CT molecular complexity index is 396. The topological polar surface area (TPSA) is 50.1 Å². The van der Waals surface area contributed by atoms with E-state index in [4.69, 9.17) is 5.11 Å². The molecule has 1 aromatic rings. The zero-order valence-electron chi connectivity index (χ0n) is 12.3. The molecule has 0 unspecified atom stereocenters. The lowest BCUT2D eigenvalue weighted by Gasteiger charge is -2.06. The highest BCUT2D eigenvalue weighted by Gasteiger charge is 2.21. The van der Waals surface area contributed by atoms with Gasteiger partial charge in [0.1, 0.15) is 0 Å². The second-order valence-corrected chi connectivity index (χ2v) is 5.67. The number of aliphatic hydroxyl groups excluding tert-OH is 1. The van der Waals surface area contributed by atoms with Crippen molar-refractivity contribution in [3.05, 3.63) is 17.0 Å². The zero-order chi connectivity index (χ0) is 13.7. The normalized spacial score (nSPS) is 15.1. The first-order chi connectivity index (χ1) is 9.22. The number of hydrogen-bond donors (Lipinski definition) is 2. The van der Waals surface area contributed by atoms with E-state index in [1.165, 1.54) is 36.2 Å². The fourth-order valence-corrected chi connectivity index (χ4v) is 2.47. The van der Waals surface area contributed by atoms with Gasteiger partial charge in [-0.25, -0.2) is 0 Å². The SMILES string of the molecule is Cc1nn(CCCCCCO)c(C)c1CNC1CC1. The minimum absolute atomic E-state index is 0.316. The Hall–Kier alpha value is -0.870. The van der Waals surface area contributed by atoms with Crippen LogP contribution in [0.5, 0.6) is 0 Å². The van der Waals surface area contributed by atoms with Crippen molar-refractivity contribution < 1.29 is 5.11 Å². The molecule has 1 saturated carbocycles. The summed E-state index contributed by atoms with van der Waals surface area (Å²) in [5, 5.41) is 17.0. The van der Waals surface area contributed by atoms with Gasteiger partial charge >= 0.3 is 0 Å². The summed E-state index contributed by atoms with van der Waals surface area (Å²) < 4.78 is 2.15. The first-order valence-electron chi connectivity index (χ1n) is 7.59. The number of aryl methyl sites for hydroxylation is 2.